The zero-order chi connectivity index (χ0) is 14.8. The van der Waals surface area contributed by atoms with Crippen LogP contribution in [0.5, 0.6) is 0 Å². The summed E-state index contributed by atoms with van der Waals surface area (Å²) in [7, 11) is 0. The zero-order valence-corrected chi connectivity index (χ0v) is 11.0. The topological polar surface area (TPSA) is 92.4 Å². The molecule has 0 heterocycles. The molecule has 20 heavy (non-hydrogen) atoms. The smallest absolute Gasteiger partial charge is 0.338 e. The third-order valence-electron chi connectivity index (χ3n) is 3.89. The number of carbonyl (C=O) groups is 2. The molecule has 0 unspecified atom stereocenters. The summed E-state index contributed by atoms with van der Waals surface area (Å²) in [4.78, 5) is 23.0. The standard InChI is InChI=1S/C14H17FN2O3/c15-11-7-9(3-4-10(11)12(18)19)17-13(20)14(8-16)5-1-2-6-14/h3-4,7H,1-2,5-6,8,16H2,(H,17,20)(H,18,19). The van der Waals surface area contributed by atoms with Gasteiger partial charge in [-0.2, -0.15) is 0 Å². The maximum atomic E-state index is 13.5. The molecule has 1 amide bonds. The van der Waals surface area contributed by atoms with Crippen molar-refractivity contribution in [2.24, 2.45) is 11.1 Å². The van der Waals surface area contributed by atoms with Crippen LogP contribution in [0.1, 0.15) is 36.0 Å². The monoisotopic (exact) mass is 280 g/mol. The molecule has 0 bridgehead atoms. The van der Waals surface area contributed by atoms with Crippen molar-refractivity contribution >= 4 is 17.6 Å². The molecule has 0 atom stereocenters. The van der Waals surface area contributed by atoms with E-state index in [1.807, 2.05) is 0 Å². The van der Waals surface area contributed by atoms with Crippen LogP contribution in [-0.2, 0) is 4.79 Å². The highest BCUT2D eigenvalue weighted by molar-refractivity contribution is 5.96. The van der Waals surface area contributed by atoms with Crippen molar-refractivity contribution in [3.63, 3.8) is 0 Å². The van der Waals surface area contributed by atoms with Gasteiger partial charge in [0.05, 0.1) is 11.0 Å². The van der Waals surface area contributed by atoms with Gasteiger partial charge >= 0.3 is 5.97 Å². The van der Waals surface area contributed by atoms with E-state index in [2.05, 4.69) is 5.32 Å². The Morgan fingerprint density at radius 1 is 1.35 bits per heavy atom. The first-order valence-corrected chi connectivity index (χ1v) is 6.53. The molecule has 1 aromatic carbocycles. The lowest BCUT2D eigenvalue weighted by atomic mass is 9.85. The molecule has 1 aliphatic carbocycles. The Kier molecular flexibility index (Phi) is 4.04. The first kappa shape index (κ1) is 14.5. The predicted molar refractivity (Wildman–Crippen MR) is 71.9 cm³/mol. The van der Waals surface area contributed by atoms with Crippen molar-refractivity contribution in [3.05, 3.63) is 29.6 Å². The number of nitrogens with one attached hydrogen (secondary N) is 1. The molecule has 5 nitrogen and oxygen atoms in total. The van der Waals surface area contributed by atoms with Crippen LogP contribution in [0, 0.1) is 11.2 Å². The van der Waals surface area contributed by atoms with Crippen LogP contribution in [0.3, 0.4) is 0 Å². The number of hydrogen-bond donors (Lipinski definition) is 3. The zero-order valence-electron chi connectivity index (χ0n) is 11.0. The molecule has 0 spiro atoms. The fourth-order valence-corrected chi connectivity index (χ4v) is 2.61. The van der Waals surface area contributed by atoms with E-state index in [0.29, 0.717) is 0 Å². The summed E-state index contributed by atoms with van der Waals surface area (Å²) in [5.74, 6) is -2.43. The van der Waals surface area contributed by atoms with Crippen LogP contribution >= 0.6 is 0 Å². The minimum Gasteiger partial charge on any atom is -0.478 e. The minimum absolute atomic E-state index is 0.222. The Morgan fingerprint density at radius 3 is 2.50 bits per heavy atom. The molecule has 0 aromatic heterocycles. The number of aromatic carboxylic acids is 1. The SMILES string of the molecule is NCC1(C(=O)Nc2ccc(C(=O)O)c(F)c2)CCCC1. The highest BCUT2D eigenvalue weighted by atomic mass is 19.1. The highest BCUT2D eigenvalue weighted by Crippen LogP contribution is 2.38. The Balaban J connectivity index is 2.16. The van der Waals surface area contributed by atoms with Crippen LogP contribution < -0.4 is 11.1 Å². The summed E-state index contributed by atoms with van der Waals surface area (Å²) < 4.78 is 13.5. The predicted octanol–water partition coefficient (Wildman–Crippen LogP) is 1.98. The van der Waals surface area contributed by atoms with Gasteiger partial charge in [-0.3, -0.25) is 4.79 Å². The van der Waals surface area contributed by atoms with E-state index < -0.39 is 22.8 Å². The van der Waals surface area contributed by atoms with Gasteiger partial charge < -0.3 is 16.2 Å². The van der Waals surface area contributed by atoms with E-state index in [1.165, 1.54) is 6.07 Å². The Labute approximate surface area is 116 Å². The number of halogens is 1. The number of nitrogens with two attached hydrogens (primary N) is 1. The summed E-state index contributed by atoms with van der Waals surface area (Å²) in [5, 5.41) is 11.4. The quantitative estimate of drug-likeness (QED) is 0.786. The van der Waals surface area contributed by atoms with Gasteiger partial charge in [-0.25, -0.2) is 9.18 Å². The Hall–Kier alpha value is -1.95. The third-order valence-corrected chi connectivity index (χ3v) is 3.89. The molecule has 0 radical (unpaired) electrons. The van der Waals surface area contributed by atoms with Crippen LogP contribution in [0.25, 0.3) is 0 Å². The second-order valence-corrected chi connectivity index (χ2v) is 5.15. The van der Waals surface area contributed by atoms with E-state index in [0.717, 1.165) is 37.8 Å². The number of carboxylic acid groups (broad SMARTS) is 1. The number of carboxylic acids is 1. The van der Waals surface area contributed by atoms with Crippen LogP contribution in [0.15, 0.2) is 18.2 Å². The maximum absolute atomic E-state index is 13.5. The molecule has 1 saturated carbocycles. The largest absolute Gasteiger partial charge is 0.478 e. The molecule has 108 valence electrons. The molecule has 6 heteroatoms. The summed E-state index contributed by atoms with van der Waals surface area (Å²) >= 11 is 0. The number of hydrogen-bond acceptors (Lipinski definition) is 3. The van der Waals surface area contributed by atoms with Gasteiger partial charge in [0.1, 0.15) is 5.82 Å². The lowest BCUT2D eigenvalue weighted by Gasteiger charge is -2.25. The van der Waals surface area contributed by atoms with E-state index >= 15 is 0 Å². The lowest BCUT2D eigenvalue weighted by Crippen LogP contribution is -2.40. The van der Waals surface area contributed by atoms with Gasteiger partial charge in [-0.05, 0) is 31.0 Å². The summed E-state index contributed by atoms with van der Waals surface area (Å²) in [6.07, 6.45) is 3.36. The summed E-state index contributed by atoms with van der Waals surface area (Å²) in [5.41, 5.74) is 4.95. The number of carbonyl (C=O) groups excluding carboxylic acids is 1. The Morgan fingerprint density at radius 2 is 2.00 bits per heavy atom. The molecule has 1 fully saturated rings. The molecule has 1 aromatic rings. The molecule has 1 aliphatic rings. The van der Waals surface area contributed by atoms with E-state index in [4.69, 9.17) is 10.8 Å². The average Bonchev–Trinajstić information content (AvgIpc) is 2.88. The normalized spacial score (nSPS) is 16.9. The molecular weight excluding hydrogens is 263 g/mol. The van der Waals surface area contributed by atoms with Gasteiger partial charge in [-0.15, -0.1) is 0 Å². The van der Waals surface area contributed by atoms with E-state index in [-0.39, 0.29) is 18.1 Å². The van der Waals surface area contributed by atoms with Crippen LogP contribution in [0.4, 0.5) is 10.1 Å². The Bertz CT molecular complexity index is 539. The number of amides is 1. The third kappa shape index (κ3) is 2.65. The number of benzene rings is 1. The second kappa shape index (κ2) is 5.58. The number of anilines is 1. The molecule has 2 rings (SSSR count). The molecular formula is C14H17FN2O3. The maximum Gasteiger partial charge on any atom is 0.338 e. The van der Waals surface area contributed by atoms with Gasteiger partial charge in [0.15, 0.2) is 0 Å². The first-order valence-electron chi connectivity index (χ1n) is 6.53. The van der Waals surface area contributed by atoms with Crippen LogP contribution in [-0.4, -0.2) is 23.5 Å². The van der Waals surface area contributed by atoms with Gasteiger partial charge in [0.2, 0.25) is 5.91 Å². The van der Waals surface area contributed by atoms with Crippen LogP contribution in [0.2, 0.25) is 0 Å². The fraction of sp³-hybridized carbons (Fsp3) is 0.429. The van der Waals surface area contributed by atoms with Crippen molar-refractivity contribution in [1.82, 2.24) is 0 Å². The summed E-state index contributed by atoms with van der Waals surface area (Å²) in [6.45, 7) is 0.258. The van der Waals surface area contributed by atoms with Crippen molar-refractivity contribution in [2.75, 3.05) is 11.9 Å². The van der Waals surface area contributed by atoms with Gasteiger partial charge in [0.25, 0.3) is 0 Å². The van der Waals surface area contributed by atoms with Crippen molar-refractivity contribution < 1.29 is 19.1 Å². The number of rotatable bonds is 4. The van der Waals surface area contributed by atoms with E-state index in [9.17, 15) is 14.0 Å². The fourth-order valence-electron chi connectivity index (χ4n) is 2.61. The van der Waals surface area contributed by atoms with Crippen molar-refractivity contribution in [3.8, 4) is 0 Å². The lowest BCUT2D eigenvalue weighted by molar-refractivity contribution is -0.124. The average molecular weight is 280 g/mol. The van der Waals surface area contributed by atoms with Gasteiger partial charge in [0, 0.05) is 12.2 Å². The second-order valence-electron chi connectivity index (χ2n) is 5.15. The van der Waals surface area contributed by atoms with E-state index in [1.54, 1.807) is 0 Å². The first-order chi connectivity index (χ1) is 9.48. The molecule has 4 N–H and O–H groups in total. The molecule has 0 aliphatic heterocycles. The van der Waals surface area contributed by atoms with Crippen molar-refractivity contribution in [1.29, 1.82) is 0 Å². The highest BCUT2D eigenvalue weighted by Gasteiger charge is 2.39. The van der Waals surface area contributed by atoms with Gasteiger partial charge in [-0.1, -0.05) is 12.8 Å². The molecule has 0 saturated heterocycles. The summed E-state index contributed by atoms with van der Waals surface area (Å²) in [6, 6.07) is 3.53. The minimum atomic E-state index is -1.34. The van der Waals surface area contributed by atoms with Crippen molar-refractivity contribution in [2.45, 2.75) is 25.7 Å².